The van der Waals surface area contributed by atoms with Gasteiger partial charge in [-0.15, -0.1) is 0 Å². The highest BCUT2D eigenvalue weighted by Gasteiger charge is 2.47. The lowest BCUT2D eigenvalue weighted by Gasteiger charge is -2.46. The van der Waals surface area contributed by atoms with Crippen LogP contribution < -0.4 is 0 Å². The van der Waals surface area contributed by atoms with E-state index in [1.54, 1.807) is 0 Å². The summed E-state index contributed by atoms with van der Waals surface area (Å²) in [5, 5.41) is 17.6. The molecule has 1 saturated heterocycles. The summed E-state index contributed by atoms with van der Waals surface area (Å²) in [6.45, 7) is 3.74. The molecule has 2 aromatic rings. The van der Waals surface area contributed by atoms with Gasteiger partial charge in [-0.3, -0.25) is 9.89 Å². The largest absolute Gasteiger partial charge is 0.381 e. The molecule has 0 spiro atoms. The molecule has 0 saturated carbocycles. The lowest BCUT2D eigenvalue weighted by atomic mass is 9.85. The van der Waals surface area contributed by atoms with Crippen molar-refractivity contribution in [2.24, 2.45) is 0 Å². The van der Waals surface area contributed by atoms with E-state index in [0.717, 1.165) is 29.5 Å². The Morgan fingerprint density at radius 3 is 2.62 bits per heavy atom. The van der Waals surface area contributed by atoms with E-state index < -0.39 is 17.2 Å². The summed E-state index contributed by atoms with van der Waals surface area (Å²) in [5.41, 5.74) is 0.592. The Bertz CT molecular complexity index is 856. The van der Waals surface area contributed by atoms with Gasteiger partial charge in [0, 0.05) is 18.1 Å². The second-order valence-electron chi connectivity index (χ2n) is 7.11. The number of aromatic amines is 1. The number of hydrogen-bond donors (Lipinski definition) is 2. The molecule has 1 aromatic heterocycles. The Morgan fingerprint density at radius 1 is 1.31 bits per heavy atom. The number of aliphatic hydroxyl groups is 1. The number of amides is 1. The van der Waals surface area contributed by atoms with E-state index in [0.29, 0.717) is 12.1 Å². The van der Waals surface area contributed by atoms with Gasteiger partial charge in [-0.25, -0.2) is 8.78 Å². The number of H-pyrrole nitrogens is 1. The third-order valence-corrected chi connectivity index (χ3v) is 5.03. The first-order valence-corrected chi connectivity index (χ1v) is 8.47. The van der Waals surface area contributed by atoms with Gasteiger partial charge in [0.15, 0.2) is 5.69 Å². The second kappa shape index (κ2) is 5.85. The number of nitrogens with one attached hydrogen (secondary N) is 1. The Balaban J connectivity index is 1.54. The zero-order chi connectivity index (χ0) is 18.6. The number of likely N-dealkylation sites (tertiary alicyclic amines) is 1. The summed E-state index contributed by atoms with van der Waals surface area (Å²) in [4.78, 5) is 14.2. The fraction of sp³-hybridized carbons (Fsp3) is 0.444. The van der Waals surface area contributed by atoms with Crippen LogP contribution >= 0.6 is 0 Å². The van der Waals surface area contributed by atoms with Crippen LogP contribution in [0.15, 0.2) is 18.2 Å². The summed E-state index contributed by atoms with van der Waals surface area (Å²) in [5.74, 6) is -1.84. The highest BCUT2D eigenvalue weighted by molar-refractivity contribution is 5.95. The maximum absolute atomic E-state index is 13.4. The van der Waals surface area contributed by atoms with Crippen LogP contribution in [0.25, 0.3) is 0 Å². The number of carbonyl (C=O) groups is 1. The van der Waals surface area contributed by atoms with Gasteiger partial charge < -0.3 is 14.7 Å². The van der Waals surface area contributed by atoms with Gasteiger partial charge in [0.05, 0.1) is 31.0 Å². The van der Waals surface area contributed by atoms with Crippen molar-refractivity contribution in [3.8, 4) is 0 Å². The molecule has 2 N–H and O–H groups in total. The maximum Gasteiger partial charge on any atom is 0.274 e. The van der Waals surface area contributed by atoms with E-state index in [-0.39, 0.29) is 36.8 Å². The number of rotatable bonds is 2. The zero-order valence-electron chi connectivity index (χ0n) is 14.4. The molecule has 2 atom stereocenters. The number of aromatic nitrogens is 2. The Hall–Kier alpha value is -2.32. The molecular formula is C18H19F2N3O3. The van der Waals surface area contributed by atoms with Crippen molar-refractivity contribution >= 4 is 5.91 Å². The molecule has 1 amide bonds. The highest BCUT2D eigenvalue weighted by atomic mass is 19.1. The minimum atomic E-state index is -1.46. The molecule has 3 heterocycles. The monoisotopic (exact) mass is 363 g/mol. The van der Waals surface area contributed by atoms with Crippen molar-refractivity contribution in [3.63, 3.8) is 0 Å². The average molecular weight is 363 g/mol. The number of halogens is 2. The number of ether oxygens (including phenoxy) is 1. The molecule has 4 rings (SSSR count). The van der Waals surface area contributed by atoms with Crippen molar-refractivity contribution in [1.82, 2.24) is 15.1 Å². The third kappa shape index (κ3) is 2.69. The number of hydrogen-bond acceptors (Lipinski definition) is 4. The van der Waals surface area contributed by atoms with Crippen LogP contribution in [-0.4, -0.2) is 45.3 Å². The van der Waals surface area contributed by atoms with E-state index >= 15 is 0 Å². The lowest BCUT2D eigenvalue weighted by Crippen LogP contribution is -2.61. The predicted molar refractivity (Wildman–Crippen MR) is 87.4 cm³/mol. The molecular weight excluding hydrogens is 344 g/mol. The van der Waals surface area contributed by atoms with Crippen LogP contribution in [0, 0.1) is 11.6 Å². The molecule has 1 fully saturated rings. The molecule has 0 bridgehead atoms. The standard InChI is InChI=1S/C18H19F2N3O3/c1-9-3-14-15(10(2)26-9)21-22-16(14)17(24)23-7-18(25,8-23)11-4-12(19)6-13(20)5-11/h4-6,9-10,25H,3,7-8H2,1-2H3,(H,21,22)/t9-,10+/m1/s1. The second-order valence-corrected chi connectivity index (χ2v) is 7.11. The Labute approximate surface area is 148 Å². The van der Waals surface area contributed by atoms with Gasteiger partial charge in [-0.2, -0.15) is 5.10 Å². The van der Waals surface area contributed by atoms with Crippen LogP contribution in [0.1, 0.15) is 47.3 Å². The average Bonchev–Trinajstić information content (AvgIpc) is 2.94. The number of β-amino-alcohol motifs (C(OH)–C–C–N with tert-alkyl or cyclic N) is 1. The Morgan fingerprint density at radius 2 is 1.96 bits per heavy atom. The summed E-state index contributed by atoms with van der Waals surface area (Å²) in [6, 6.07) is 2.92. The molecule has 0 aliphatic carbocycles. The number of fused-ring (bicyclic) bond motifs is 1. The highest BCUT2D eigenvalue weighted by Crippen LogP contribution is 2.35. The Kier molecular flexibility index (Phi) is 3.85. The first-order valence-electron chi connectivity index (χ1n) is 8.47. The normalized spacial score (nSPS) is 24.1. The smallest absolute Gasteiger partial charge is 0.274 e. The van der Waals surface area contributed by atoms with E-state index in [1.165, 1.54) is 4.90 Å². The van der Waals surface area contributed by atoms with E-state index in [1.807, 2.05) is 13.8 Å². The molecule has 0 unspecified atom stereocenters. The van der Waals surface area contributed by atoms with E-state index in [4.69, 9.17) is 4.74 Å². The number of benzene rings is 1. The van der Waals surface area contributed by atoms with Gasteiger partial charge in [-0.05, 0) is 31.5 Å². The van der Waals surface area contributed by atoms with Gasteiger partial charge in [0.2, 0.25) is 0 Å². The molecule has 0 radical (unpaired) electrons. The molecule has 26 heavy (non-hydrogen) atoms. The van der Waals surface area contributed by atoms with Crippen LogP contribution in [0.4, 0.5) is 8.78 Å². The topological polar surface area (TPSA) is 78.5 Å². The van der Waals surface area contributed by atoms with Crippen LogP contribution in [0.2, 0.25) is 0 Å². The molecule has 138 valence electrons. The van der Waals surface area contributed by atoms with Crippen molar-refractivity contribution < 1.29 is 23.4 Å². The minimum Gasteiger partial charge on any atom is -0.381 e. The van der Waals surface area contributed by atoms with Gasteiger partial charge in [0.25, 0.3) is 5.91 Å². The van der Waals surface area contributed by atoms with Gasteiger partial charge >= 0.3 is 0 Å². The summed E-state index contributed by atoms with van der Waals surface area (Å²) in [6.07, 6.45) is 0.376. The molecule has 2 aliphatic heterocycles. The third-order valence-electron chi connectivity index (χ3n) is 5.03. The first kappa shape index (κ1) is 17.1. The summed E-state index contributed by atoms with van der Waals surface area (Å²) in [7, 11) is 0. The van der Waals surface area contributed by atoms with Crippen molar-refractivity contribution in [2.75, 3.05) is 13.1 Å². The van der Waals surface area contributed by atoms with Crippen molar-refractivity contribution in [3.05, 3.63) is 52.3 Å². The summed E-state index contributed by atoms with van der Waals surface area (Å²) >= 11 is 0. The van der Waals surface area contributed by atoms with E-state index in [2.05, 4.69) is 10.2 Å². The maximum atomic E-state index is 13.4. The lowest BCUT2D eigenvalue weighted by molar-refractivity contribution is -0.0869. The van der Waals surface area contributed by atoms with Crippen molar-refractivity contribution in [2.45, 2.75) is 38.1 Å². The predicted octanol–water partition coefficient (Wildman–Crippen LogP) is 2.05. The molecule has 1 aromatic carbocycles. The zero-order valence-corrected chi connectivity index (χ0v) is 14.4. The van der Waals surface area contributed by atoms with Crippen LogP contribution in [0.3, 0.4) is 0 Å². The molecule has 8 heteroatoms. The van der Waals surface area contributed by atoms with E-state index in [9.17, 15) is 18.7 Å². The number of carbonyl (C=O) groups excluding carboxylic acids is 1. The minimum absolute atomic E-state index is 0.0229. The fourth-order valence-corrected chi connectivity index (χ4v) is 3.73. The quantitative estimate of drug-likeness (QED) is 0.856. The van der Waals surface area contributed by atoms with Crippen LogP contribution in [0.5, 0.6) is 0 Å². The SMILES string of the molecule is C[C@@H]1Cc2c(C(=O)N3CC(O)(c4cc(F)cc(F)c4)C3)n[nH]c2[C@H](C)O1. The van der Waals surface area contributed by atoms with Gasteiger partial charge in [-0.1, -0.05) is 0 Å². The fourth-order valence-electron chi connectivity index (χ4n) is 3.73. The van der Waals surface area contributed by atoms with Crippen molar-refractivity contribution in [1.29, 1.82) is 0 Å². The summed E-state index contributed by atoms with van der Waals surface area (Å²) < 4.78 is 32.5. The first-order chi connectivity index (χ1) is 12.3. The molecule has 2 aliphatic rings. The molecule has 6 nitrogen and oxygen atoms in total. The number of nitrogens with zero attached hydrogens (tertiary/aromatic N) is 2. The van der Waals surface area contributed by atoms with Gasteiger partial charge in [0.1, 0.15) is 17.2 Å². The van der Waals surface area contributed by atoms with Crippen LogP contribution in [-0.2, 0) is 16.8 Å².